The van der Waals surface area contributed by atoms with E-state index in [0.29, 0.717) is 0 Å². The molecule has 2 unspecified atom stereocenters. The van der Waals surface area contributed by atoms with Crippen LogP contribution < -0.4 is 5.32 Å². The summed E-state index contributed by atoms with van der Waals surface area (Å²) < 4.78 is 5.50. The van der Waals surface area contributed by atoms with E-state index in [4.69, 9.17) is 4.74 Å². The summed E-state index contributed by atoms with van der Waals surface area (Å²) in [5, 5.41) is 3.04. The molecule has 6 nitrogen and oxygen atoms in total. The van der Waals surface area contributed by atoms with Crippen LogP contribution in [-0.4, -0.2) is 59.7 Å². The molecule has 6 heteroatoms. The van der Waals surface area contributed by atoms with E-state index >= 15 is 0 Å². The molecule has 0 spiro atoms. The summed E-state index contributed by atoms with van der Waals surface area (Å²) in [4.78, 5) is 27.5. The maximum Gasteiger partial charge on any atom is 0.410 e. The molecule has 2 aliphatic rings. The summed E-state index contributed by atoms with van der Waals surface area (Å²) in [6, 6.07) is 0.457. The number of carbonyl (C=O) groups is 2. The summed E-state index contributed by atoms with van der Waals surface area (Å²) in [6.07, 6.45) is 3.41. The Morgan fingerprint density at radius 1 is 1.14 bits per heavy atom. The number of amides is 3. The van der Waals surface area contributed by atoms with Crippen molar-refractivity contribution in [1.29, 1.82) is 0 Å². The zero-order valence-electron chi connectivity index (χ0n) is 13.7. The van der Waals surface area contributed by atoms with Crippen molar-refractivity contribution in [2.75, 3.05) is 14.1 Å². The highest BCUT2D eigenvalue weighted by Gasteiger charge is 2.45. The van der Waals surface area contributed by atoms with Gasteiger partial charge in [0.05, 0.1) is 0 Å². The highest BCUT2D eigenvalue weighted by molar-refractivity contribution is 5.74. The lowest BCUT2D eigenvalue weighted by atomic mass is 9.98. The van der Waals surface area contributed by atoms with Gasteiger partial charge in [-0.15, -0.1) is 0 Å². The van der Waals surface area contributed by atoms with Crippen molar-refractivity contribution in [3.63, 3.8) is 0 Å². The van der Waals surface area contributed by atoms with Crippen LogP contribution >= 0.6 is 0 Å². The van der Waals surface area contributed by atoms with Crippen molar-refractivity contribution in [2.45, 2.75) is 70.2 Å². The molecule has 2 bridgehead atoms. The Labute approximate surface area is 126 Å². The van der Waals surface area contributed by atoms with Crippen molar-refractivity contribution < 1.29 is 14.3 Å². The number of urea groups is 1. The van der Waals surface area contributed by atoms with Crippen molar-refractivity contribution in [2.24, 2.45) is 0 Å². The minimum Gasteiger partial charge on any atom is -0.444 e. The Morgan fingerprint density at radius 2 is 1.67 bits per heavy atom. The van der Waals surface area contributed by atoms with Gasteiger partial charge in [0.1, 0.15) is 5.60 Å². The van der Waals surface area contributed by atoms with Crippen molar-refractivity contribution >= 4 is 12.1 Å². The Hall–Kier alpha value is -1.46. The first-order valence-corrected chi connectivity index (χ1v) is 7.66. The number of carbonyl (C=O) groups excluding carboxylic acids is 2. The van der Waals surface area contributed by atoms with Crippen LogP contribution in [0.5, 0.6) is 0 Å². The lowest BCUT2D eigenvalue weighted by molar-refractivity contribution is 0.00515. The number of fused-ring (bicyclic) bond motifs is 2. The van der Waals surface area contributed by atoms with Crippen LogP contribution in [0.2, 0.25) is 0 Å². The van der Waals surface area contributed by atoms with Crippen LogP contribution in [0, 0.1) is 0 Å². The molecule has 0 aliphatic carbocycles. The Morgan fingerprint density at radius 3 is 2.10 bits per heavy atom. The molecule has 120 valence electrons. The molecule has 2 fully saturated rings. The molecule has 0 aromatic carbocycles. The SMILES string of the molecule is CN(C)C(=O)NC1CC2CCC(C1)N2C(=O)OC(C)(C)C. The fourth-order valence-corrected chi connectivity index (χ4v) is 3.21. The maximum absolute atomic E-state index is 12.3. The third kappa shape index (κ3) is 3.80. The number of piperidine rings is 1. The average Bonchev–Trinajstić information content (AvgIpc) is 2.59. The van der Waals surface area contributed by atoms with Crippen LogP contribution in [-0.2, 0) is 4.74 Å². The molecule has 2 aliphatic heterocycles. The number of ether oxygens (including phenoxy) is 1. The predicted molar refractivity (Wildman–Crippen MR) is 80.1 cm³/mol. The van der Waals surface area contributed by atoms with Gasteiger partial charge in [0, 0.05) is 32.2 Å². The number of hydrogen-bond acceptors (Lipinski definition) is 3. The first kappa shape index (κ1) is 15.9. The number of nitrogens with one attached hydrogen (secondary N) is 1. The molecule has 2 atom stereocenters. The Kier molecular flexibility index (Phi) is 4.35. The Balaban J connectivity index is 1.96. The van der Waals surface area contributed by atoms with Crippen molar-refractivity contribution in [3.05, 3.63) is 0 Å². The second kappa shape index (κ2) is 5.73. The average molecular weight is 297 g/mol. The third-order valence-electron chi connectivity index (χ3n) is 4.07. The van der Waals surface area contributed by atoms with Gasteiger partial charge >= 0.3 is 12.1 Å². The minimum atomic E-state index is -0.466. The molecule has 21 heavy (non-hydrogen) atoms. The summed E-state index contributed by atoms with van der Waals surface area (Å²) in [5.41, 5.74) is -0.466. The normalized spacial score (nSPS) is 28.2. The molecule has 2 saturated heterocycles. The van der Waals surface area contributed by atoms with Crippen molar-refractivity contribution in [3.8, 4) is 0 Å². The van der Waals surface area contributed by atoms with Gasteiger partial charge in [-0.1, -0.05) is 0 Å². The van der Waals surface area contributed by atoms with Gasteiger partial charge in [0.15, 0.2) is 0 Å². The van der Waals surface area contributed by atoms with E-state index in [9.17, 15) is 9.59 Å². The van der Waals surface area contributed by atoms with Gasteiger partial charge < -0.3 is 19.9 Å². The first-order valence-electron chi connectivity index (χ1n) is 7.66. The fraction of sp³-hybridized carbons (Fsp3) is 0.867. The molecule has 0 saturated carbocycles. The highest BCUT2D eigenvalue weighted by atomic mass is 16.6. The van der Waals surface area contributed by atoms with E-state index in [1.807, 2.05) is 25.7 Å². The standard InChI is InChI=1S/C15H27N3O3/c1-15(2,3)21-14(20)18-11-6-7-12(18)9-10(8-11)16-13(19)17(4)5/h10-12H,6-9H2,1-5H3,(H,16,19). The zero-order valence-corrected chi connectivity index (χ0v) is 13.7. The Bertz CT molecular complexity index is 403. The molecular formula is C15H27N3O3. The number of nitrogens with zero attached hydrogens (tertiary/aromatic N) is 2. The fourth-order valence-electron chi connectivity index (χ4n) is 3.21. The second-order valence-corrected chi connectivity index (χ2v) is 7.28. The summed E-state index contributed by atoms with van der Waals surface area (Å²) in [7, 11) is 3.47. The molecule has 0 aromatic heterocycles. The van der Waals surface area contributed by atoms with Gasteiger partial charge in [-0.25, -0.2) is 9.59 Å². The van der Waals surface area contributed by atoms with E-state index in [2.05, 4.69) is 5.32 Å². The summed E-state index contributed by atoms with van der Waals surface area (Å²) in [6.45, 7) is 5.66. The van der Waals surface area contributed by atoms with Crippen molar-refractivity contribution in [1.82, 2.24) is 15.1 Å². The second-order valence-electron chi connectivity index (χ2n) is 7.28. The van der Waals surface area contributed by atoms with Gasteiger partial charge in [0.2, 0.25) is 0 Å². The minimum absolute atomic E-state index is 0.0647. The summed E-state index contributed by atoms with van der Waals surface area (Å²) in [5.74, 6) is 0. The molecule has 2 rings (SSSR count). The van der Waals surface area contributed by atoms with Gasteiger partial charge in [-0.3, -0.25) is 0 Å². The lowest BCUT2D eigenvalue weighted by Gasteiger charge is -2.39. The predicted octanol–water partition coefficient (Wildman–Crippen LogP) is 2.19. The van der Waals surface area contributed by atoms with E-state index in [1.54, 1.807) is 19.0 Å². The molecule has 3 amide bonds. The molecule has 1 N–H and O–H groups in total. The van der Waals surface area contributed by atoms with Gasteiger partial charge in [0.25, 0.3) is 0 Å². The number of hydrogen-bond donors (Lipinski definition) is 1. The monoisotopic (exact) mass is 297 g/mol. The third-order valence-corrected chi connectivity index (χ3v) is 4.07. The van der Waals surface area contributed by atoms with E-state index in [0.717, 1.165) is 25.7 Å². The van der Waals surface area contributed by atoms with Crippen LogP contribution in [0.1, 0.15) is 46.5 Å². The highest BCUT2D eigenvalue weighted by Crippen LogP contribution is 2.36. The topological polar surface area (TPSA) is 61.9 Å². The van der Waals surface area contributed by atoms with E-state index < -0.39 is 5.60 Å². The van der Waals surface area contributed by atoms with Crippen LogP contribution in [0.15, 0.2) is 0 Å². The lowest BCUT2D eigenvalue weighted by Crippen LogP contribution is -2.54. The van der Waals surface area contributed by atoms with Crippen LogP contribution in [0.25, 0.3) is 0 Å². The quantitative estimate of drug-likeness (QED) is 0.807. The van der Waals surface area contributed by atoms with E-state index in [-0.39, 0.29) is 30.2 Å². The van der Waals surface area contributed by atoms with Gasteiger partial charge in [-0.2, -0.15) is 0 Å². The summed E-state index contributed by atoms with van der Waals surface area (Å²) >= 11 is 0. The molecule has 2 heterocycles. The maximum atomic E-state index is 12.3. The molecular weight excluding hydrogens is 270 g/mol. The van der Waals surface area contributed by atoms with Crippen LogP contribution in [0.3, 0.4) is 0 Å². The first-order chi connectivity index (χ1) is 9.67. The zero-order chi connectivity index (χ0) is 15.8. The van der Waals surface area contributed by atoms with Crippen LogP contribution in [0.4, 0.5) is 9.59 Å². The smallest absolute Gasteiger partial charge is 0.410 e. The number of rotatable bonds is 1. The largest absolute Gasteiger partial charge is 0.444 e. The van der Waals surface area contributed by atoms with Gasteiger partial charge in [-0.05, 0) is 46.5 Å². The van der Waals surface area contributed by atoms with E-state index in [1.165, 1.54) is 0 Å². The molecule has 0 radical (unpaired) electrons. The molecule has 0 aromatic rings.